The molecule has 43 heavy (non-hydrogen) atoms. The molecule has 9 fully saturated rings. The zero-order chi connectivity index (χ0) is 28.0. The Labute approximate surface area is 275 Å². The molecule has 8 bridgehead atoms. The second-order valence-electron chi connectivity index (χ2n) is 18.1. The van der Waals surface area contributed by atoms with Crippen LogP contribution in [0, 0.1) is 94.7 Å². The van der Waals surface area contributed by atoms with Gasteiger partial charge in [0.1, 0.15) is 0 Å². The summed E-state index contributed by atoms with van der Waals surface area (Å²) in [6.07, 6.45) is 34.9. The number of fused-ring (bicyclic) bond motifs is 20. The average Bonchev–Trinajstić information content (AvgIpc) is 3.80. The van der Waals surface area contributed by atoms with Crippen LogP contribution in [0.3, 0.4) is 0 Å². The third kappa shape index (κ3) is 3.98. The predicted octanol–water partition coefficient (Wildman–Crippen LogP) is 9.97. The van der Waals surface area contributed by atoms with Crippen molar-refractivity contribution in [2.24, 2.45) is 94.7 Å². The summed E-state index contributed by atoms with van der Waals surface area (Å²) in [6.45, 7) is 0. The van der Waals surface area contributed by atoms with Crippen LogP contribution in [0.15, 0.2) is 36.5 Å². The van der Waals surface area contributed by atoms with Gasteiger partial charge in [0.15, 0.2) is 0 Å². The highest BCUT2D eigenvalue weighted by molar-refractivity contribution is 8.00. The van der Waals surface area contributed by atoms with E-state index >= 15 is 0 Å². The van der Waals surface area contributed by atoms with Gasteiger partial charge in [0, 0.05) is 26.2 Å². The second kappa shape index (κ2) is 10.1. The van der Waals surface area contributed by atoms with Crippen LogP contribution >= 0.6 is 36.2 Å². The van der Waals surface area contributed by atoms with Crippen LogP contribution in [0.1, 0.15) is 83.5 Å². The summed E-state index contributed by atoms with van der Waals surface area (Å²) in [7, 11) is 0. The largest absolute Gasteiger partial charge is 0.176 e. The van der Waals surface area contributed by atoms with Gasteiger partial charge in [-0.3, -0.25) is 0 Å². The summed E-state index contributed by atoms with van der Waals surface area (Å²) in [5.74, 6) is 16.8. The molecular formula is C40H54S3. The maximum absolute atomic E-state index is 4.97. The molecule has 12 aliphatic carbocycles. The van der Waals surface area contributed by atoms with E-state index in [1.807, 2.05) is 0 Å². The van der Waals surface area contributed by atoms with Crippen molar-refractivity contribution in [3.63, 3.8) is 0 Å². The number of thiol groups is 1. The van der Waals surface area contributed by atoms with Crippen molar-refractivity contribution in [2.75, 3.05) is 0 Å². The summed E-state index contributed by atoms with van der Waals surface area (Å²) >= 11 is 9.92. The maximum atomic E-state index is 4.97. The van der Waals surface area contributed by atoms with Crippen LogP contribution in [0.4, 0.5) is 0 Å². The quantitative estimate of drug-likeness (QED) is 0.243. The van der Waals surface area contributed by atoms with E-state index in [0.717, 1.165) is 121 Å². The molecule has 232 valence electrons. The summed E-state index contributed by atoms with van der Waals surface area (Å²) in [5.41, 5.74) is 0. The van der Waals surface area contributed by atoms with E-state index in [1.165, 1.54) is 32.1 Å². The van der Waals surface area contributed by atoms with Crippen LogP contribution in [-0.2, 0) is 0 Å². The number of hydrogen-bond donors (Lipinski definition) is 1. The fraction of sp³-hybridized carbons (Fsp3) is 0.850. The molecule has 0 spiro atoms. The lowest BCUT2D eigenvalue weighted by atomic mass is 9.81. The van der Waals surface area contributed by atoms with E-state index < -0.39 is 0 Å². The van der Waals surface area contributed by atoms with Gasteiger partial charge in [0.05, 0.1) is 0 Å². The van der Waals surface area contributed by atoms with Crippen molar-refractivity contribution in [1.29, 1.82) is 0 Å². The van der Waals surface area contributed by atoms with Crippen molar-refractivity contribution in [3.05, 3.63) is 36.5 Å². The SMILES string of the molecule is C1=CC2C(C1)C1CC(SC3CC4CC3C3CC=CC43)C2C1.SC1CCC2C3CC(SC4CC5CC4C4CC=CC54)C(C3)C12. The lowest BCUT2D eigenvalue weighted by Gasteiger charge is -2.38. The van der Waals surface area contributed by atoms with Crippen LogP contribution in [0.2, 0.25) is 0 Å². The number of hydrogen-bond acceptors (Lipinski definition) is 3. The molecule has 0 N–H and O–H groups in total. The lowest BCUT2D eigenvalue weighted by Crippen LogP contribution is -2.34. The first kappa shape index (κ1) is 27.2. The van der Waals surface area contributed by atoms with E-state index in [4.69, 9.17) is 12.6 Å². The Kier molecular flexibility index (Phi) is 6.42. The van der Waals surface area contributed by atoms with Crippen LogP contribution in [-0.4, -0.2) is 26.2 Å². The smallest absolute Gasteiger partial charge is 0.00867 e. The lowest BCUT2D eigenvalue weighted by molar-refractivity contribution is 0.266. The zero-order valence-corrected chi connectivity index (χ0v) is 28.6. The molecule has 12 rings (SSSR count). The molecule has 12 aliphatic rings. The molecule has 0 heterocycles. The Balaban J connectivity index is 0.000000109. The monoisotopic (exact) mass is 630 g/mol. The Morgan fingerprint density at radius 3 is 1.58 bits per heavy atom. The molecule has 0 amide bonds. The van der Waals surface area contributed by atoms with Crippen molar-refractivity contribution < 1.29 is 0 Å². The Morgan fingerprint density at radius 2 is 0.907 bits per heavy atom. The highest BCUT2D eigenvalue weighted by Crippen LogP contribution is 2.67. The molecule has 0 radical (unpaired) electrons. The van der Waals surface area contributed by atoms with Gasteiger partial charge in [-0.15, -0.1) is 0 Å². The summed E-state index contributed by atoms with van der Waals surface area (Å²) < 4.78 is 0. The van der Waals surface area contributed by atoms with Gasteiger partial charge < -0.3 is 0 Å². The van der Waals surface area contributed by atoms with E-state index in [2.05, 4.69) is 60.0 Å². The topological polar surface area (TPSA) is 0 Å². The normalized spacial score (nSPS) is 62.9. The third-order valence-corrected chi connectivity index (χ3v) is 21.1. The molecular weight excluding hydrogens is 577 g/mol. The second-order valence-corrected chi connectivity index (χ2v) is 21.7. The molecule has 0 aromatic rings. The van der Waals surface area contributed by atoms with E-state index in [-0.39, 0.29) is 0 Å². The summed E-state index contributed by atoms with van der Waals surface area (Å²) in [5, 5.41) is 4.83. The van der Waals surface area contributed by atoms with E-state index in [9.17, 15) is 0 Å². The summed E-state index contributed by atoms with van der Waals surface area (Å²) in [6, 6.07) is 0. The predicted molar refractivity (Wildman–Crippen MR) is 186 cm³/mol. The van der Waals surface area contributed by atoms with E-state index in [0.29, 0.717) is 0 Å². The molecule has 21 atom stereocenters. The Hall–Kier alpha value is 0.270. The molecule has 0 saturated heterocycles. The molecule has 9 saturated carbocycles. The van der Waals surface area contributed by atoms with Crippen molar-refractivity contribution in [3.8, 4) is 0 Å². The number of allylic oxidation sites excluding steroid dienone is 6. The van der Waals surface area contributed by atoms with Gasteiger partial charge in [-0.25, -0.2) is 0 Å². The van der Waals surface area contributed by atoms with Crippen molar-refractivity contribution in [1.82, 2.24) is 0 Å². The van der Waals surface area contributed by atoms with Gasteiger partial charge in [0.2, 0.25) is 0 Å². The minimum Gasteiger partial charge on any atom is -0.176 e. The summed E-state index contributed by atoms with van der Waals surface area (Å²) in [4.78, 5) is 0. The third-order valence-electron chi connectivity index (χ3n) is 17.0. The van der Waals surface area contributed by atoms with Gasteiger partial charge in [-0.2, -0.15) is 36.2 Å². The van der Waals surface area contributed by atoms with Gasteiger partial charge >= 0.3 is 0 Å². The van der Waals surface area contributed by atoms with Crippen molar-refractivity contribution in [2.45, 2.75) is 110 Å². The zero-order valence-electron chi connectivity index (χ0n) is 26.0. The standard InChI is InChI=1S/C20H28S2.C20H26S/c21-17-5-4-13-11-7-16(20(13)17)19(9-11)22-18-8-10-6-15(18)14-3-1-2-12(10)14;1-3-13-11-7-17(15(13)5-1)19(9-11)21-20-10-12-8-18(20)16-6-2-4-14(12)16/h1-2,10-21H,3-9H2;1-3,6,11-20H,4-5,7-10H2. The van der Waals surface area contributed by atoms with Crippen LogP contribution < -0.4 is 0 Å². The molecule has 3 heteroatoms. The molecule has 0 aliphatic heterocycles. The first-order chi connectivity index (χ1) is 21.2. The molecule has 0 aromatic heterocycles. The van der Waals surface area contributed by atoms with Crippen molar-refractivity contribution >= 4 is 36.2 Å². The first-order valence-corrected chi connectivity index (χ1v) is 21.6. The Bertz CT molecular complexity index is 1220. The van der Waals surface area contributed by atoms with E-state index in [1.54, 1.807) is 51.4 Å². The maximum Gasteiger partial charge on any atom is 0.00867 e. The van der Waals surface area contributed by atoms with Gasteiger partial charge in [-0.05, 0) is 178 Å². The number of thioether (sulfide) groups is 2. The minimum absolute atomic E-state index is 0.742. The van der Waals surface area contributed by atoms with Crippen LogP contribution in [0.25, 0.3) is 0 Å². The highest BCUT2D eigenvalue weighted by atomic mass is 32.2. The van der Waals surface area contributed by atoms with Crippen LogP contribution in [0.5, 0.6) is 0 Å². The fourth-order valence-corrected chi connectivity index (χ4v) is 20.5. The van der Waals surface area contributed by atoms with Gasteiger partial charge in [-0.1, -0.05) is 36.5 Å². The fourth-order valence-electron chi connectivity index (χ4n) is 15.6. The first-order valence-electron chi connectivity index (χ1n) is 19.2. The molecule has 0 aromatic carbocycles. The minimum atomic E-state index is 0.742. The number of rotatable bonds is 4. The average molecular weight is 631 g/mol. The van der Waals surface area contributed by atoms with Gasteiger partial charge in [0.25, 0.3) is 0 Å². The highest BCUT2D eigenvalue weighted by Gasteiger charge is 2.60. The molecule has 21 unspecified atom stereocenters. The Morgan fingerprint density at radius 1 is 0.419 bits per heavy atom. The molecule has 0 nitrogen and oxygen atoms in total.